The highest BCUT2D eigenvalue weighted by Gasteiger charge is 2.24. The van der Waals surface area contributed by atoms with Crippen LogP contribution in [0.5, 0.6) is 0 Å². The van der Waals surface area contributed by atoms with Crippen LogP contribution in [0.1, 0.15) is 49.6 Å². The SMILES string of the molecule is CCN(c1cc(C)nc(C)c1C#N)C1CCCC1. The molecule has 0 amide bonds. The van der Waals surface area contributed by atoms with Crippen molar-refractivity contribution in [2.24, 2.45) is 0 Å². The van der Waals surface area contributed by atoms with Gasteiger partial charge in [-0.1, -0.05) is 12.8 Å². The van der Waals surface area contributed by atoms with Gasteiger partial charge in [-0.2, -0.15) is 5.26 Å². The highest BCUT2D eigenvalue weighted by atomic mass is 15.2. The predicted octanol–water partition coefficient (Wildman–Crippen LogP) is 3.34. The number of nitriles is 1. The summed E-state index contributed by atoms with van der Waals surface area (Å²) in [5.41, 5.74) is 3.67. The van der Waals surface area contributed by atoms with Crippen molar-refractivity contribution < 1.29 is 0 Å². The van der Waals surface area contributed by atoms with Gasteiger partial charge in [0.15, 0.2) is 0 Å². The van der Waals surface area contributed by atoms with E-state index < -0.39 is 0 Å². The molecule has 0 saturated heterocycles. The zero-order valence-corrected chi connectivity index (χ0v) is 11.5. The molecule has 0 N–H and O–H groups in total. The van der Waals surface area contributed by atoms with Crippen LogP contribution in [0.15, 0.2) is 6.07 Å². The first-order chi connectivity index (χ1) is 8.67. The first-order valence-corrected chi connectivity index (χ1v) is 6.82. The van der Waals surface area contributed by atoms with Gasteiger partial charge in [-0.05, 0) is 39.7 Å². The minimum Gasteiger partial charge on any atom is -0.368 e. The second-order valence-electron chi connectivity index (χ2n) is 5.08. The molecule has 1 aromatic heterocycles. The topological polar surface area (TPSA) is 39.9 Å². The second-order valence-corrected chi connectivity index (χ2v) is 5.08. The number of hydrogen-bond donors (Lipinski definition) is 0. The molecule has 2 rings (SSSR count). The van der Waals surface area contributed by atoms with E-state index in [4.69, 9.17) is 0 Å². The van der Waals surface area contributed by atoms with Crippen LogP contribution in [-0.4, -0.2) is 17.6 Å². The molecule has 0 bridgehead atoms. The van der Waals surface area contributed by atoms with Crippen molar-refractivity contribution in [2.45, 2.75) is 52.5 Å². The Hall–Kier alpha value is -1.56. The Morgan fingerprint density at radius 3 is 2.61 bits per heavy atom. The smallest absolute Gasteiger partial charge is 0.103 e. The molecular formula is C15H21N3. The van der Waals surface area contributed by atoms with Crippen LogP contribution in [0.2, 0.25) is 0 Å². The summed E-state index contributed by atoms with van der Waals surface area (Å²) in [6.07, 6.45) is 5.12. The van der Waals surface area contributed by atoms with Crippen LogP contribution in [0.25, 0.3) is 0 Å². The van der Waals surface area contributed by atoms with E-state index in [1.54, 1.807) is 0 Å². The molecule has 1 aromatic rings. The lowest BCUT2D eigenvalue weighted by molar-refractivity contribution is 0.618. The first-order valence-electron chi connectivity index (χ1n) is 6.82. The molecule has 18 heavy (non-hydrogen) atoms. The molecule has 3 heteroatoms. The maximum atomic E-state index is 9.36. The summed E-state index contributed by atoms with van der Waals surface area (Å²) in [5.74, 6) is 0. The third kappa shape index (κ3) is 2.33. The van der Waals surface area contributed by atoms with Crippen molar-refractivity contribution in [3.63, 3.8) is 0 Å². The summed E-state index contributed by atoms with van der Waals surface area (Å²) in [6.45, 7) is 7.06. The van der Waals surface area contributed by atoms with E-state index in [0.717, 1.165) is 29.2 Å². The van der Waals surface area contributed by atoms with E-state index in [0.29, 0.717) is 6.04 Å². The zero-order chi connectivity index (χ0) is 13.1. The van der Waals surface area contributed by atoms with Gasteiger partial charge in [0.2, 0.25) is 0 Å². The summed E-state index contributed by atoms with van der Waals surface area (Å²) in [4.78, 5) is 6.80. The van der Waals surface area contributed by atoms with Crippen molar-refractivity contribution in [3.8, 4) is 6.07 Å². The Kier molecular flexibility index (Phi) is 3.86. The van der Waals surface area contributed by atoms with Gasteiger partial charge >= 0.3 is 0 Å². The lowest BCUT2D eigenvalue weighted by atomic mass is 10.1. The predicted molar refractivity (Wildman–Crippen MR) is 73.7 cm³/mol. The van der Waals surface area contributed by atoms with Crippen LogP contribution in [-0.2, 0) is 0 Å². The molecule has 0 atom stereocenters. The molecule has 0 spiro atoms. The van der Waals surface area contributed by atoms with Crippen LogP contribution in [0.4, 0.5) is 5.69 Å². The molecule has 0 aliphatic heterocycles. The molecule has 0 unspecified atom stereocenters. The fourth-order valence-corrected chi connectivity index (χ4v) is 3.01. The minimum absolute atomic E-state index is 0.600. The van der Waals surface area contributed by atoms with Crippen LogP contribution in [0.3, 0.4) is 0 Å². The normalized spacial score (nSPS) is 15.7. The van der Waals surface area contributed by atoms with E-state index in [1.165, 1.54) is 25.7 Å². The van der Waals surface area contributed by atoms with Gasteiger partial charge in [0.1, 0.15) is 6.07 Å². The average Bonchev–Trinajstić information content (AvgIpc) is 2.83. The average molecular weight is 243 g/mol. The van der Waals surface area contributed by atoms with Crippen LogP contribution >= 0.6 is 0 Å². The zero-order valence-electron chi connectivity index (χ0n) is 11.5. The first kappa shape index (κ1) is 12.9. The van der Waals surface area contributed by atoms with Gasteiger partial charge in [0, 0.05) is 18.3 Å². The van der Waals surface area contributed by atoms with Gasteiger partial charge < -0.3 is 4.90 Å². The van der Waals surface area contributed by atoms with Gasteiger partial charge in [0.05, 0.1) is 16.9 Å². The number of pyridine rings is 1. The number of aryl methyl sites for hydroxylation is 2. The van der Waals surface area contributed by atoms with Gasteiger partial charge in [-0.15, -0.1) is 0 Å². The Labute approximate surface area is 109 Å². The lowest BCUT2D eigenvalue weighted by Gasteiger charge is -2.31. The summed E-state index contributed by atoms with van der Waals surface area (Å²) in [7, 11) is 0. The number of rotatable bonds is 3. The fraction of sp³-hybridized carbons (Fsp3) is 0.600. The third-order valence-corrected chi connectivity index (χ3v) is 3.83. The molecule has 1 heterocycles. The fourth-order valence-electron chi connectivity index (χ4n) is 3.01. The molecule has 1 saturated carbocycles. The summed E-state index contributed by atoms with van der Waals surface area (Å²) >= 11 is 0. The van der Waals surface area contributed by atoms with E-state index in [9.17, 15) is 5.26 Å². The molecular weight excluding hydrogens is 222 g/mol. The minimum atomic E-state index is 0.600. The van der Waals surface area contributed by atoms with E-state index in [-0.39, 0.29) is 0 Å². The largest absolute Gasteiger partial charge is 0.368 e. The maximum absolute atomic E-state index is 9.36. The van der Waals surface area contributed by atoms with Crippen molar-refractivity contribution in [1.82, 2.24) is 4.98 Å². The van der Waals surface area contributed by atoms with Crippen LogP contribution in [0, 0.1) is 25.2 Å². The van der Waals surface area contributed by atoms with Crippen molar-refractivity contribution in [2.75, 3.05) is 11.4 Å². The maximum Gasteiger partial charge on any atom is 0.103 e. The van der Waals surface area contributed by atoms with Gasteiger partial charge in [0.25, 0.3) is 0 Å². The Morgan fingerprint density at radius 2 is 2.06 bits per heavy atom. The molecule has 1 aliphatic carbocycles. The molecule has 1 aliphatic rings. The van der Waals surface area contributed by atoms with Crippen molar-refractivity contribution in [1.29, 1.82) is 5.26 Å². The van der Waals surface area contributed by atoms with E-state index in [2.05, 4.69) is 28.9 Å². The number of aromatic nitrogens is 1. The van der Waals surface area contributed by atoms with Gasteiger partial charge in [-0.25, -0.2) is 0 Å². The molecule has 96 valence electrons. The summed E-state index contributed by atoms with van der Waals surface area (Å²) in [6, 6.07) is 4.99. The molecule has 0 aromatic carbocycles. The van der Waals surface area contributed by atoms with Crippen LogP contribution < -0.4 is 4.90 Å². The van der Waals surface area contributed by atoms with E-state index >= 15 is 0 Å². The molecule has 3 nitrogen and oxygen atoms in total. The Morgan fingerprint density at radius 1 is 1.39 bits per heavy atom. The van der Waals surface area contributed by atoms with Crippen molar-refractivity contribution >= 4 is 5.69 Å². The number of nitrogens with zero attached hydrogens (tertiary/aromatic N) is 3. The monoisotopic (exact) mass is 243 g/mol. The van der Waals surface area contributed by atoms with Crippen molar-refractivity contribution in [3.05, 3.63) is 23.0 Å². The third-order valence-electron chi connectivity index (χ3n) is 3.83. The lowest BCUT2D eigenvalue weighted by Crippen LogP contribution is -2.33. The molecule has 1 fully saturated rings. The Bertz CT molecular complexity index is 467. The standard InChI is InChI=1S/C15H21N3/c1-4-18(13-7-5-6-8-13)15-9-11(2)17-12(3)14(15)10-16/h9,13H,4-8H2,1-3H3. The number of hydrogen-bond acceptors (Lipinski definition) is 3. The summed E-state index contributed by atoms with van der Waals surface area (Å²) < 4.78 is 0. The Balaban J connectivity index is 2.44. The number of anilines is 1. The second kappa shape index (κ2) is 5.39. The summed E-state index contributed by atoms with van der Waals surface area (Å²) in [5, 5.41) is 9.36. The highest BCUT2D eigenvalue weighted by Crippen LogP contribution is 2.31. The molecule has 0 radical (unpaired) electrons. The van der Waals surface area contributed by atoms with Gasteiger partial charge in [-0.3, -0.25) is 4.98 Å². The van der Waals surface area contributed by atoms with E-state index in [1.807, 2.05) is 13.8 Å². The highest BCUT2D eigenvalue weighted by molar-refractivity contribution is 5.62. The quantitative estimate of drug-likeness (QED) is 0.817.